The second kappa shape index (κ2) is 6.52. The van der Waals surface area contributed by atoms with Crippen LogP contribution in [0, 0.1) is 0 Å². The van der Waals surface area contributed by atoms with Gasteiger partial charge in [-0.25, -0.2) is 4.90 Å². The number of halogens is 4. The van der Waals surface area contributed by atoms with E-state index in [1.807, 2.05) is 4.90 Å². The highest BCUT2D eigenvalue weighted by Gasteiger charge is 2.38. The van der Waals surface area contributed by atoms with E-state index in [-0.39, 0.29) is 32.1 Å². The van der Waals surface area contributed by atoms with Gasteiger partial charge in [0.25, 0.3) is 0 Å². The number of hydrogen-bond acceptors (Lipinski definition) is 3. The van der Waals surface area contributed by atoms with Crippen LogP contribution in [0.2, 0.25) is 0 Å². The summed E-state index contributed by atoms with van der Waals surface area (Å²) in [5, 5.41) is 8.56. The summed E-state index contributed by atoms with van der Waals surface area (Å²) in [6.45, 7) is 1.71. The van der Waals surface area contributed by atoms with Crippen molar-refractivity contribution in [2.45, 2.75) is 12.7 Å². The van der Waals surface area contributed by atoms with Crippen LogP contribution in [0.15, 0.2) is 0 Å². The molecule has 1 rings (SSSR count). The maximum Gasteiger partial charge on any atom is 0.460 e. The molecule has 1 fully saturated rings. The summed E-state index contributed by atoms with van der Waals surface area (Å²) in [7, 11) is 0. The molecule has 1 saturated heterocycles. The van der Waals surface area contributed by atoms with Crippen molar-refractivity contribution in [3.63, 3.8) is 0 Å². The normalized spacial score (nSPS) is 20.0. The molecule has 0 bridgehead atoms. The van der Waals surface area contributed by atoms with Crippen molar-refractivity contribution in [2.24, 2.45) is 0 Å². The minimum absolute atomic E-state index is 0. The van der Waals surface area contributed by atoms with Gasteiger partial charge in [0.2, 0.25) is 0 Å². The standard InChI is InChI=1S/C8H15F3N2O.ClH/c9-8(10,11)13-5-3-12(4-6-13)2-1-7-14;/h14H,1-7H2;1H. The predicted molar refractivity (Wildman–Crippen MR) is 53.0 cm³/mol. The van der Waals surface area contributed by atoms with E-state index in [2.05, 4.69) is 0 Å². The van der Waals surface area contributed by atoms with Gasteiger partial charge in [0.15, 0.2) is 0 Å². The number of hydrogen-bond donors (Lipinski definition) is 1. The van der Waals surface area contributed by atoms with Crippen molar-refractivity contribution in [2.75, 3.05) is 39.3 Å². The Balaban J connectivity index is 0.00000196. The van der Waals surface area contributed by atoms with Gasteiger partial charge in [-0.1, -0.05) is 0 Å². The van der Waals surface area contributed by atoms with Gasteiger partial charge in [-0.2, -0.15) is 13.2 Å². The van der Waals surface area contributed by atoms with Crippen molar-refractivity contribution in [3.8, 4) is 0 Å². The number of nitrogens with zero attached hydrogens (tertiary/aromatic N) is 2. The largest absolute Gasteiger partial charge is 0.460 e. The molecule has 7 heteroatoms. The number of aliphatic hydroxyl groups excluding tert-OH is 1. The molecule has 0 aromatic carbocycles. The topological polar surface area (TPSA) is 26.7 Å². The zero-order valence-corrected chi connectivity index (χ0v) is 9.15. The van der Waals surface area contributed by atoms with E-state index in [9.17, 15) is 13.2 Å². The highest BCUT2D eigenvalue weighted by Crippen LogP contribution is 2.22. The second-order valence-corrected chi connectivity index (χ2v) is 3.37. The molecular formula is C8H16ClF3N2O. The van der Waals surface area contributed by atoms with Crippen molar-refractivity contribution in [1.82, 2.24) is 9.80 Å². The molecule has 3 nitrogen and oxygen atoms in total. The third-order valence-electron chi connectivity index (χ3n) is 2.36. The summed E-state index contributed by atoms with van der Waals surface area (Å²) < 4.78 is 36.6. The molecule has 0 unspecified atom stereocenters. The molecule has 92 valence electrons. The molecule has 0 radical (unpaired) electrons. The lowest BCUT2D eigenvalue weighted by Gasteiger charge is -2.35. The second-order valence-electron chi connectivity index (χ2n) is 3.37. The Hall–Kier alpha value is -0.0400. The number of rotatable bonds is 3. The predicted octanol–water partition coefficient (Wildman–Crippen LogP) is 0.928. The maximum atomic E-state index is 12.2. The molecule has 1 heterocycles. The van der Waals surface area contributed by atoms with Crippen molar-refractivity contribution in [1.29, 1.82) is 0 Å². The quantitative estimate of drug-likeness (QED) is 0.753. The van der Waals surface area contributed by atoms with Gasteiger partial charge >= 0.3 is 6.30 Å². The Bertz CT molecular complexity index is 172. The lowest BCUT2D eigenvalue weighted by molar-refractivity contribution is -0.252. The van der Waals surface area contributed by atoms with E-state index in [0.717, 1.165) is 0 Å². The number of aliphatic hydroxyl groups is 1. The van der Waals surface area contributed by atoms with E-state index in [0.29, 0.717) is 31.0 Å². The van der Waals surface area contributed by atoms with Crippen LogP contribution < -0.4 is 0 Å². The summed E-state index contributed by atoms with van der Waals surface area (Å²) in [6, 6.07) is 0. The van der Waals surface area contributed by atoms with Crippen molar-refractivity contribution in [3.05, 3.63) is 0 Å². The molecule has 0 aliphatic carbocycles. The fourth-order valence-corrected chi connectivity index (χ4v) is 1.52. The molecular weight excluding hydrogens is 233 g/mol. The van der Waals surface area contributed by atoms with E-state index in [1.165, 1.54) is 0 Å². The van der Waals surface area contributed by atoms with Gasteiger partial charge in [-0.15, -0.1) is 12.4 Å². The highest BCUT2D eigenvalue weighted by atomic mass is 35.5. The zero-order valence-electron chi connectivity index (χ0n) is 8.33. The van der Waals surface area contributed by atoms with Crippen LogP contribution in [0.25, 0.3) is 0 Å². The summed E-state index contributed by atoms with van der Waals surface area (Å²) in [4.78, 5) is 2.47. The summed E-state index contributed by atoms with van der Waals surface area (Å²) in [5.74, 6) is 0. The Labute approximate surface area is 93.3 Å². The first kappa shape index (κ1) is 15.0. The average molecular weight is 249 g/mol. The molecule has 1 aliphatic heterocycles. The van der Waals surface area contributed by atoms with Crippen LogP contribution in [0.1, 0.15) is 6.42 Å². The Morgan fingerprint density at radius 2 is 1.60 bits per heavy atom. The minimum atomic E-state index is -4.19. The maximum absolute atomic E-state index is 12.2. The molecule has 0 saturated carbocycles. The summed E-state index contributed by atoms with van der Waals surface area (Å²) in [5.41, 5.74) is 0. The fraction of sp³-hybridized carbons (Fsp3) is 1.00. The Kier molecular flexibility index (Phi) is 6.51. The van der Waals surface area contributed by atoms with Crippen LogP contribution >= 0.6 is 12.4 Å². The van der Waals surface area contributed by atoms with E-state index in [1.54, 1.807) is 0 Å². The monoisotopic (exact) mass is 248 g/mol. The molecule has 0 atom stereocenters. The molecule has 0 aromatic rings. The fourth-order valence-electron chi connectivity index (χ4n) is 1.52. The first-order valence-corrected chi connectivity index (χ1v) is 4.69. The van der Waals surface area contributed by atoms with Crippen LogP contribution in [0.3, 0.4) is 0 Å². The summed E-state index contributed by atoms with van der Waals surface area (Å²) in [6.07, 6.45) is -3.56. The van der Waals surface area contributed by atoms with Crippen molar-refractivity contribution < 1.29 is 18.3 Å². The lowest BCUT2D eigenvalue weighted by atomic mass is 10.3. The molecule has 0 aromatic heterocycles. The van der Waals surface area contributed by atoms with Gasteiger partial charge < -0.3 is 10.0 Å². The average Bonchev–Trinajstić information content (AvgIpc) is 2.14. The van der Waals surface area contributed by atoms with Gasteiger partial charge in [0, 0.05) is 39.3 Å². The Morgan fingerprint density at radius 3 is 2.00 bits per heavy atom. The number of alkyl halides is 3. The van der Waals surface area contributed by atoms with Crippen molar-refractivity contribution >= 4 is 12.4 Å². The first-order chi connectivity index (χ1) is 6.54. The third-order valence-corrected chi connectivity index (χ3v) is 2.36. The first-order valence-electron chi connectivity index (χ1n) is 4.69. The van der Waals surface area contributed by atoms with Gasteiger partial charge in [0.05, 0.1) is 0 Å². The van der Waals surface area contributed by atoms with E-state index < -0.39 is 6.30 Å². The van der Waals surface area contributed by atoms with E-state index in [4.69, 9.17) is 5.11 Å². The molecule has 1 N–H and O–H groups in total. The van der Waals surface area contributed by atoms with Crippen LogP contribution in [0.5, 0.6) is 0 Å². The molecule has 0 spiro atoms. The van der Waals surface area contributed by atoms with Gasteiger partial charge in [0.1, 0.15) is 0 Å². The molecule has 1 aliphatic rings. The number of piperazine rings is 1. The SMILES string of the molecule is Cl.OCCCN1CCN(C(F)(F)F)CC1. The van der Waals surface area contributed by atoms with Crippen LogP contribution in [0.4, 0.5) is 13.2 Å². The van der Waals surface area contributed by atoms with Gasteiger partial charge in [-0.3, -0.25) is 0 Å². The zero-order chi connectivity index (χ0) is 10.6. The van der Waals surface area contributed by atoms with Crippen LogP contribution in [-0.2, 0) is 0 Å². The van der Waals surface area contributed by atoms with Gasteiger partial charge in [-0.05, 0) is 6.42 Å². The van der Waals surface area contributed by atoms with Crippen LogP contribution in [-0.4, -0.2) is 60.5 Å². The molecule has 15 heavy (non-hydrogen) atoms. The molecule has 0 amide bonds. The lowest BCUT2D eigenvalue weighted by Crippen LogP contribution is -2.51. The summed E-state index contributed by atoms with van der Waals surface area (Å²) >= 11 is 0. The third kappa shape index (κ3) is 5.01. The minimum Gasteiger partial charge on any atom is -0.396 e. The Morgan fingerprint density at radius 1 is 1.07 bits per heavy atom. The highest BCUT2D eigenvalue weighted by molar-refractivity contribution is 5.85. The van der Waals surface area contributed by atoms with E-state index >= 15 is 0 Å². The smallest absolute Gasteiger partial charge is 0.396 e.